The quantitative estimate of drug-likeness (QED) is 0.707. The van der Waals surface area contributed by atoms with E-state index < -0.39 is 0 Å². The highest BCUT2D eigenvalue weighted by Gasteiger charge is 2.23. The Morgan fingerprint density at radius 3 is 2.86 bits per heavy atom. The number of amides is 1. The molecule has 1 aromatic heterocycles. The fraction of sp³-hybridized carbons (Fsp3) is 0.400. The lowest BCUT2D eigenvalue weighted by molar-refractivity contribution is 0.102. The van der Waals surface area contributed by atoms with Crippen LogP contribution in [0, 0.1) is 0 Å². The van der Waals surface area contributed by atoms with Gasteiger partial charge in [0.2, 0.25) is 5.95 Å². The molecule has 0 unspecified atom stereocenters. The first kappa shape index (κ1) is 18.4. The number of hydrogen-bond donors (Lipinski definition) is 3. The SMILES string of the molecule is CCN1CCC(Nc2ncc3c(n2)Nc2ccc(C=NC)cc2NC3=O)CC1. The van der Waals surface area contributed by atoms with Crippen molar-refractivity contribution in [2.75, 3.05) is 42.6 Å². The largest absolute Gasteiger partial charge is 0.351 e. The average molecular weight is 379 g/mol. The van der Waals surface area contributed by atoms with Crippen LogP contribution in [-0.4, -0.2) is 59.7 Å². The Morgan fingerprint density at radius 1 is 1.29 bits per heavy atom. The van der Waals surface area contributed by atoms with Gasteiger partial charge < -0.3 is 20.9 Å². The number of nitrogens with one attached hydrogen (secondary N) is 3. The number of benzene rings is 1. The zero-order valence-corrected chi connectivity index (χ0v) is 16.2. The number of carbonyl (C=O) groups is 1. The fourth-order valence-corrected chi connectivity index (χ4v) is 3.61. The van der Waals surface area contributed by atoms with E-state index in [4.69, 9.17) is 0 Å². The molecule has 2 aliphatic rings. The average Bonchev–Trinajstić information content (AvgIpc) is 2.84. The molecule has 8 heteroatoms. The lowest BCUT2D eigenvalue weighted by Gasteiger charge is -2.31. The second-order valence-corrected chi connectivity index (χ2v) is 7.08. The van der Waals surface area contributed by atoms with Crippen LogP contribution in [0.2, 0.25) is 0 Å². The Balaban J connectivity index is 1.55. The second-order valence-electron chi connectivity index (χ2n) is 7.08. The Bertz CT molecular complexity index is 903. The standard InChI is InChI=1S/C20H25N7O/c1-3-27-8-6-14(7-9-27)23-20-22-12-15-18(26-20)24-16-5-4-13(11-21-2)10-17(16)25-19(15)28/h4-5,10-12,14H,3,6-9H2,1-2H3,(H,25,28)(H2,22,23,24,26). The summed E-state index contributed by atoms with van der Waals surface area (Å²) in [7, 11) is 1.72. The molecule has 3 heterocycles. The van der Waals surface area contributed by atoms with E-state index in [9.17, 15) is 4.79 Å². The van der Waals surface area contributed by atoms with Gasteiger partial charge in [0.05, 0.1) is 11.4 Å². The normalized spacial score (nSPS) is 17.4. The number of aliphatic imine (C=N–C) groups is 1. The molecule has 0 spiro atoms. The van der Waals surface area contributed by atoms with E-state index in [0.717, 1.165) is 43.7 Å². The third-order valence-corrected chi connectivity index (χ3v) is 5.22. The van der Waals surface area contributed by atoms with Crippen molar-refractivity contribution in [1.29, 1.82) is 0 Å². The van der Waals surface area contributed by atoms with Crippen LogP contribution in [0.4, 0.5) is 23.1 Å². The third-order valence-electron chi connectivity index (χ3n) is 5.22. The number of carbonyl (C=O) groups excluding carboxylic acids is 1. The maximum Gasteiger partial charge on any atom is 0.261 e. The molecule has 0 bridgehead atoms. The highest BCUT2D eigenvalue weighted by atomic mass is 16.1. The maximum atomic E-state index is 12.6. The van der Waals surface area contributed by atoms with Crippen LogP contribution >= 0.6 is 0 Å². The lowest BCUT2D eigenvalue weighted by atomic mass is 10.1. The summed E-state index contributed by atoms with van der Waals surface area (Å²) in [4.78, 5) is 28.0. The fourth-order valence-electron chi connectivity index (χ4n) is 3.61. The molecule has 8 nitrogen and oxygen atoms in total. The zero-order valence-electron chi connectivity index (χ0n) is 16.2. The van der Waals surface area contributed by atoms with Crippen molar-refractivity contribution >= 4 is 35.3 Å². The van der Waals surface area contributed by atoms with Crippen LogP contribution in [0.1, 0.15) is 35.7 Å². The first-order chi connectivity index (χ1) is 13.7. The van der Waals surface area contributed by atoms with Crippen LogP contribution in [0.25, 0.3) is 0 Å². The van der Waals surface area contributed by atoms with E-state index >= 15 is 0 Å². The van der Waals surface area contributed by atoms with E-state index in [0.29, 0.717) is 29.1 Å². The van der Waals surface area contributed by atoms with Gasteiger partial charge in [0, 0.05) is 38.6 Å². The van der Waals surface area contributed by atoms with Crippen molar-refractivity contribution in [1.82, 2.24) is 14.9 Å². The van der Waals surface area contributed by atoms with E-state index in [-0.39, 0.29) is 5.91 Å². The Hall–Kier alpha value is -3.00. The number of fused-ring (bicyclic) bond motifs is 2. The van der Waals surface area contributed by atoms with E-state index in [1.54, 1.807) is 19.5 Å². The summed E-state index contributed by atoms with van der Waals surface area (Å²) in [5.74, 6) is 0.832. The molecule has 146 valence electrons. The Labute approximate surface area is 164 Å². The summed E-state index contributed by atoms with van der Waals surface area (Å²) in [5, 5.41) is 9.61. The van der Waals surface area contributed by atoms with Crippen LogP contribution in [-0.2, 0) is 0 Å². The lowest BCUT2D eigenvalue weighted by Crippen LogP contribution is -2.39. The summed E-state index contributed by atoms with van der Waals surface area (Å²) in [6.45, 7) is 5.44. The molecule has 4 rings (SSSR count). The van der Waals surface area contributed by atoms with Crippen LogP contribution in [0.15, 0.2) is 29.4 Å². The monoisotopic (exact) mass is 379 g/mol. The van der Waals surface area contributed by atoms with Crippen molar-refractivity contribution in [3.63, 3.8) is 0 Å². The molecular weight excluding hydrogens is 354 g/mol. The van der Waals surface area contributed by atoms with Gasteiger partial charge in [0.1, 0.15) is 11.4 Å². The predicted octanol–water partition coefficient (Wildman–Crippen LogP) is 2.73. The highest BCUT2D eigenvalue weighted by Crippen LogP contribution is 2.31. The van der Waals surface area contributed by atoms with Crippen molar-refractivity contribution in [3.05, 3.63) is 35.5 Å². The zero-order chi connectivity index (χ0) is 19.5. The van der Waals surface area contributed by atoms with Gasteiger partial charge in [0.15, 0.2) is 0 Å². The molecule has 1 aromatic carbocycles. The highest BCUT2D eigenvalue weighted by molar-refractivity contribution is 6.11. The molecule has 1 fully saturated rings. The van der Waals surface area contributed by atoms with Crippen molar-refractivity contribution in [2.45, 2.75) is 25.8 Å². The van der Waals surface area contributed by atoms with Gasteiger partial charge in [-0.15, -0.1) is 0 Å². The minimum absolute atomic E-state index is 0.227. The predicted molar refractivity (Wildman–Crippen MR) is 112 cm³/mol. The van der Waals surface area contributed by atoms with Crippen LogP contribution in [0.3, 0.4) is 0 Å². The summed E-state index contributed by atoms with van der Waals surface area (Å²) < 4.78 is 0. The van der Waals surface area contributed by atoms with E-state index in [1.807, 2.05) is 18.2 Å². The molecule has 3 N–H and O–H groups in total. The molecule has 1 saturated heterocycles. The van der Waals surface area contributed by atoms with Gasteiger partial charge in [-0.3, -0.25) is 9.79 Å². The van der Waals surface area contributed by atoms with Gasteiger partial charge in [0.25, 0.3) is 5.91 Å². The summed E-state index contributed by atoms with van der Waals surface area (Å²) in [6, 6.07) is 6.09. The maximum absolute atomic E-state index is 12.6. The van der Waals surface area contributed by atoms with E-state index in [2.05, 4.69) is 42.7 Å². The summed E-state index contributed by atoms with van der Waals surface area (Å²) in [5.41, 5.74) is 2.83. The number of anilines is 4. The Morgan fingerprint density at radius 2 is 2.11 bits per heavy atom. The first-order valence-electron chi connectivity index (χ1n) is 9.66. The smallest absolute Gasteiger partial charge is 0.261 e. The summed E-state index contributed by atoms with van der Waals surface area (Å²) in [6.07, 6.45) is 5.45. The number of aromatic nitrogens is 2. The molecule has 0 saturated carbocycles. The third kappa shape index (κ3) is 3.82. The molecule has 1 amide bonds. The number of likely N-dealkylation sites (tertiary alicyclic amines) is 1. The number of nitrogens with zero attached hydrogens (tertiary/aromatic N) is 4. The molecular formula is C20H25N7O. The van der Waals surface area contributed by atoms with Crippen molar-refractivity contribution < 1.29 is 4.79 Å². The van der Waals surface area contributed by atoms with Gasteiger partial charge >= 0.3 is 0 Å². The van der Waals surface area contributed by atoms with Gasteiger partial charge in [-0.05, 0) is 37.1 Å². The molecule has 0 radical (unpaired) electrons. The Kier molecular flexibility index (Phi) is 5.21. The second kappa shape index (κ2) is 7.93. The molecule has 0 atom stereocenters. The minimum Gasteiger partial charge on any atom is -0.351 e. The van der Waals surface area contributed by atoms with Crippen molar-refractivity contribution in [3.8, 4) is 0 Å². The first-order valence-corrected chi connectivity index (χ1v) is 9.66. The molecule has 2 aliphatic heterocycles. The number of piperidine rings is 1. The van der Waals surface area contributed by atoms with Crippen LogP contribution < -0.4 is 16.0 Å². The van der Waals surface area contributed by atoms with Gasteiger partial charge in [-0.1, -0.05) is 13.0 Å². The van der Waals surface area contributed by atoms with Gasteiger partial charge in [-0.25, -0.2) is 4.98 Å². The molecule has 2 aromatic rings. The van der Waals surface area contributed by atoms with Gasteiger partial charge in [-0.2, -0.15) is 4.98 Å². The van der Waals surface area contributed by atoms with Crippen LogP contribution in [0.5, 0.6) is 0 Å². The van der Waals surface area contributed by atoms with Crippen molar-refractivity contribution in [2.24, 2.45) is 4.99 Å². The molecule has 0 aliphatic carbocycles. The number of rotatable bonds is 4. The summed E-state index contributed by atoms with van der Waals surface area (Å²) >= 11 is 0. The molecule has 28 heavy (non-hydrogen) atoms. The number of hydrogen-bond acceptors (Lipinski definition) is 7. The van der Waals surface area contributed by atoms with E-state index in [1.165, 1.54) is 0 Å². The minimum atomic E-state index is -0.227. The topological polar surface area (TPSA) is 94.5 Å².